The molecule has 9 heteroatoms. The van der Waals surface area contributed by atoms with Gasteiger partial charge in [-0.2, -0.15) is 0 Å². The molecule has 0 aromatic carbocycles. The van der Waals surface area contributed by atoms with Crippen LogP contribution in [0.15, 0.2) is 0 Å². The van der Waals surface area contributed by atoms with Crippen molar-refractivity contribution in [3.63, 3.8) is 0 Å². The summed E-state index contributed by atoms with van der Waals surface area (Å²) in [6, 6.07) is 0. The summed E-state index contributed by atoms with van der Waals surface area (Å²) in [4.78, 5) is 0. The van der Waals surface area contributed by atoms with Crippen LogP contribution in [0, 0.1) is 0 Å². The summed E-state index contributed by atoms with van der Waals surface area (Å²) in [5, 5.41) is -0.936. The van der Waals surface area contributed by atoms with Crippen LogP contribution in [0.4, 0.5) is 0 Å². The number of hydrogen-bond acceptors (Lipinski definition) is 4. The fourth-order valence-corrected chi connectivity index (χ4v) is 2.11. The lowest BCUT2D eigenvalue weighted by atomic mass is 10.9. The van der Waals surface area contributed by atoms with Gasteiger partial charge in [0.1, 0.15) is 0 Å². The van der Waals surface area contributed by atoms with Crippen LogP contribution in [-0.4, -0.2) is 22.5 Å². The smallest absolute Gasteiger partial charge is 0.290 e. The van der Waals surface area contributed by atoms with Crippen molar-refractivity contribution in [2.75, 3.05) is 14.2 Å². The van der Waals surface area contributed by atoms with Crippen molar-refractivity contribution in [3.05, 3.63) is 0 Å². The van der Waals surface area contributed by atoms with E-state index in [0.29, 0.717) is 0 Å². The molecule has 1 atom stereocenters. The van der Waals surface area contributed by atoms with Crippen molar-refractivity contribution in [2.24, 2.45) is 0 Å². The fraction of sp³-hybridized carbons (Fsp3) is 1.00. The molecule has 0 aliphatic carbocycles. The Kier molecular flexibility index (Phi) is 6.38. The zero-order chi connectivity index (χ0) is 10.7. The topological polar surface area (TPSA) is 44.8 Å². The summed E-state index contributed by atoms with van der Waals surface area (Å²) >= 11 is 17.0. The lowest BCUT2D eigenvalue weighted by Gasteiger charge is -2.22. The van der Waals surface area contributed by atoms with Crippen molar-refractivity contribution in [1.82, 2.24) is 0 Å². The van der Waals surface area contributed by atoms with Crippen molar-refractivity contribution in [2.45, 2.75) is 8.26 Å². The second kappa shape index (κ2) is 5.66. The molecule has 0 spiro atoms. The number of hydrogen-bond donors (Lipinski definition) is 0. The van der Waals surface area contributed by atoms with E-state index in [1.54, 1.807) is 0 Å². The quantitative estimate of drug-likeness (QED) is 0.539. The van der Waals surface area contributed by atoms with Gasteiger partial charge in [0.2, 0.25) is 3.24 Å². The van der Waals surface area contributed by atoms with Crippen LogP contribution in [0.3, 0.4) is 0 Å². The standard InChI is InChI=1S/C4H7Br2Cl2O4P/c1-10-13(9,11-2)12-3(5)4(6,7)8/h3H,1-2H3/t3-/m0/s1. The molecular formula is C4H7Br2Cl2O4P. The molecule has 0 amide bonds. The number of phosphoric acid groups is 1. The van der Waals surface area contributed by atoms with E-state index in [1.807, 2.05) is 0 Å². The second-order valence-electron chi connectivity index (χ2n) is 1.78. The van der Waals surface area contributed by atoms with Crippen LogP contribution in [0.2, 0.25) is 0 Å². The molecule has 0 aromatic heterocycles. The van der Waals surface area contributed by atoms with Crippen molar-refractivity contribution >= 4 is 62.9 Å². The molecule has 0 unspecified atom stereocenters. The number of alkyl halides is 4. The lowest BCUT2D eigenvalue weighted by molar-refractivity contribution is 0.146. The average Bonchev–Trinajstić information content (AvgIpc) is 2.02. The molecule has 13 heavy (non-hydrogen) atoms. The summed E-state index contributed by atoms with van der Waals surface area (Å²) in [5.74, 6) is 0. The third kappa shape index (κ3) is 5.33. The van der Waals surface area contributed by atoms with Gasteiger partial charge < -0.3 is 0 Å². The van der Waals surface area contributed by atoms with Gasteiger partial charge in [-0.25, -0.2) is 4.57 Å². The highest BCUT2D eigenvalue weighted by atomic mass is 79.9. The maximum Gasteiger partial charge on any atom is 0.475 e. The van der Waals surface area contributed by atoms with Crippen LogP contribution in [0.1, 0.15) is 0 Å². The summed E-state index contributed by atoms with van der Waals surface area (Å²) in [7, 11) is -1.21. The zero-order valence-corrected chi connectivity index (χ0v) is 12.2. The summed E-state index contributed by atoms with van der Waals surface area (Å²) in [6.45, 7) is 0. The Hall–Kier alpha value is 1.65. The Labute approximate surface area is 103 Å². The molecule has 0 bridgehead atoms. The van der Waals surface area contributed by atoms with Crippen LogP contribution >= 0.6 is 62.9 Å². The van der Waals surface area contributed by atoms with E-state index in [4.69, 9.17) is 27.7 Å². The molecular weight excluding hydrogens is 374 g/mol. The van der Waals surface area contributed by atoms with Gasteiger partial charge in [0.05, 0.1) is 0 Å². The molecule has 0 saturated heterocycles. The van der Waals surface area contributed by atoms with Crippen LogP contribution in [0.25, 0.3) is 0 Å². The molecule has 0 fully saturated rings. The minimum Gasteiger partial charge on any atom is -0.290 e. The first-order chi connectivity index (χ1) is 5.75. The van der Waals surface area contributed by atoms with E-state index in [-0.39, 0.29) is 0 Å². The molecule has 0 aliphatic heterocycles. The van der Waals surface area contributed by atoms with Crippen LogP contribution < -0.4 is 0 Å². The third-order valence-corrected chi connectivity index (χ3v) is 5.41. The minimum atomic E-state index is -3.58. The molecule has 0 N–H and O–H groups in total. The summed E-state index contributed by atoms with van der Waals surface area (Å²) < 4.78 is 23.8. The molecule has 0 heterocycles. The van der Waals surface area contributed by atoms with E-state index >= 15 is 0 Å². The van der Waals surface area contributed by atoms with E-state index in [0.717, 1.165) is 0 Å². The Bertz CT molecular complexity index is 201. The Morgan fingerprint density at radius 2 is 1.77 bits per heavy atom. The maximum absolute atomic E-state index is 11.4. The van der Waals surface area contributed by atoms with E-state index < -0.39 is 16.1 Å². The molecule has 4 nitrogen and oxygen atoms in total. The Morgan fingerprint density at radius 1 is 1.38 bits per heavy atom. The van der Waals surface area contributed by atoms with Crippen LogP contribution in [-0.2, 0) is 18.1 Å². The monoisotopic (exact) mass is 378 g/mol. The highest BCUT2D eigenvalue weighted by Gasteiger charge is 2.38. The molecule has 0 saturated carbocycles. The molecule has 0 aromatic rings. The average molecular weight is 381 g/mol. The minimum absolute atomic E-state index is 0.936. The maximum atomic E-state index is 11.4. The normalized spacial score (nSPS) is 15.8. The molecule has 0 aliphatic rings. The first-order valence-corrected chi connectivity index (χ1v) is 6.78. The highest BCUT2D eigenvalue weighted by Crippen LogP contribution is 2.53. The number of phosphoric ester groups is 1. The largest absolute Gasteiger partial charge is 0.475 e. The molecule has 80 valence electrons. The number of rotatable bonds is 5. The summed E-state index contributed by atoms with van der Waals surface area (Å²) in [5.41, 5.74) is 0. The molecule has 0 radical (unpaired) electrons. The predicted molar refractivity (Wildman–Crippen MR) is 58.8 cm³/mol. The Morgan fingerprint density at radius 3 is 2.00 bits per heavy atom. The van der Waals surface area contributed by atoms with Gasteiger partial charge in [0, 0.05) is 14.2 Å². The van der Waals surface area contributed by atoms with E-state index in [1.165, 1.54) is 14.2 Å². The first kappa shape index (κ1) is 14.6. The summed E-state index contributed by atoms with van der Waals surface area (Å²) in [6.07, 6.45) is 0. The second-order valence-corrected chi connectivity index (χ2v) is 7.99. The van der Waals surface area contributed by atoms with Gasteiger partial charge in [0.25, 0.3) is 0 Å². The van der Waals surface area contributed by atoms with Gasteiger partial charge in [-0.15, -0.1) is 0 Å². The van der Waals surface area contributed by atoms with Gasteiger partial charge in [0.15, 0.2) is 5.01 Å². The lowest BCUT2D eigenvalue weighted by Crippen LogP contribution is -2.21. The SMILES string of the molecule is COP(=O)(OC)O[C@H](Br)C(Cl)(Cl)Br. The van der Waals surface area contributed by atoms with Gasteiger partial charge >= 0.3 is 7.82 Å². The van der Waals surface area contributed by atoms with Crippen molar-refractivity contribution in [3.8, 4) is 0 Å². The first-order valence-electron chi connectivity index (χ1n) is 2.86. The van der Waals surface area contributed by atoms with Crippen molar-refractivity contribution < 1.29 is 18.1 Å². The fourth-order valence-electron chi connectivity index (χ4n) is 0.334. The third-order valence-electron chi connectivity index (χ3n) is 0.926. The van der Waals surface area contributed by atoms with E-state index in [9.17, 15) is 4.57 Å². The zero-order valence-electron chi connectivity index (χ0n) is 6.67. The van der Waals surface area contributed by atoms with Gasteiger partial charge in [-0.1, -0.05) is 39.1 Å². The van der Waals surface area contributed by atoms with Gasteiger partial charge in [-0.3, -0.25) is 13.6 Å². The highest BCUT2D eigenvalue weighted by molar-refractivity contribution is 9.13. The Balaban J connectivity index is 4.35. The molecule has 0 rings (SSSR count). The van der Waals surface area contributed by atoms with Crippen molar-refractivity contribution in [1.29, 1.82) is 0 Å². The van der Waals surface area contributed by atoms with Gasteiger partial charge in [-0.05, 0) is 15.9 Å². The van der Waals surface area contributed by atoms with E-state index in [2.05, 4.69) is 40.9 Å². The predicted octanol–water partition coefficient (Wildman–Crippen LogP) is 3.65. The number of halogens is 4. The van der Waals surface area contributed by atoms with Crippen LogP contribution in [0.5, 0.6) is 0 Å².